The molecule has 0 fully saturated rings. The predicted octanol–water partition coefficient (Wildman–Crippen LogP) is 0.905. The van der Waals surface area contributed by atoms with Crippen molar-refractivity contribution >= 4 is 6.08 Å². The van der Waals surface area contributed by atoms with E-state index in [9.17, 15) is 0 Å². The number of pyridine rings is 1. The van der Waals surface area contributed by atoms with Gasteiger partial charge in [-0.05, 0) is 16.8 Å². The fourth-order valence-electron chi connectivity index (χ4n) is 0.976. The van der Waals surface area contributed by atoms with Gasteiger partial charge in [0.05, 0.1) is 0 Å². The molecular weight excluding hydrogens is 166 g/mol. The summed E-state index contributed by atoms with van der Waals surface area (Å²) >= 11 is 0. The van der Waals surface area contributed by atoms with E-state index in [2.05, 4.69) is 32.2 Å². The Morgan fingerprint density at radius 3 is 3.00 bits per heavy atom. The lowest BCUT2D eigenvalue weighted by Crippen LogP contribution is -1.84. The van der Waals surface area contributed by atoms with Crippen LogP contribution in [0, 0.1) is 0 Å². The van der Waals surface area contributed by atoms with Crippen molar-refractivity contribution in [2.45, 2.75) is 0 Å². The third-order valence-corrected chi connectivity index (χ3v) is 1.60. The topological polar surface area (TPSA) is 67.3 Å². The van der Waals surface area contributed by atoms with E-state index < -0.39 is 0 Å². The zero-order valence-corrected chi connectivity index (χ0v) is 6.81. The molecule has 1 N–H and O–H groups in total. The van der Waals surface area contributed by atoms with Gasteiger partial charge >= 0.3 is 0 Å². The van der Waals surface area contributed by atoms with Gasteiger partial charge in [0.1, 0.15) is 0 Å². The molecule has 5 heteroatoms. The molecule has 0 atom stereocenters. The number of H-pyrrole nitrogens is 1. The smallest absolute Gasteiger partial charge is 0.206 e. The minimum absolute atomic E-state index is 0.538. The second-order valence-corrected chi connectivity index (χ2v) is 2.45. The maximum absolute atomic E-state index is 4.02. The summed E-state index contributed by atoms with van der Waals surface area (Å²) in [5.74, 6) is 0.538. The number of aromatic amines is 1. The summed E-state index contributed by atoms with van der Waals surface area (Å²) in [4.78, 5) is 4.02. The van der Waals surface area contributed by atoms with Crippen LogP contribution in [0.15, 0.2) is 25.0 Å². The summed E-state index contributed by atoms with van der Waals surface area (Å²) < 4.78 is 0. The molecule has 2 aromatic heterocycles. The van der Waals surface area contributed by atoms with Crippen LogP contribution in [0.3, 0.4) is 0 Å². The lowest BCUT2D eigenvalue weighted by molar-refractivity contribution is 0.881. The van der Waals surface area contributed by atoms with Crippen LogP contribution in [0.2, 0.25) is 0 Å². The van der Waals surface area contributed by atoms with Gasteiger partial charge in [0.15, 0.2) is 0 Å². The van der Waals surface area contributed by atoms with Crippen molar-refractivity contribution in [2.24, 2.45) is 0 Å². The van der Waals surface area contributed by atoms with Crippen LogP contribution in [0.5, 0.6) is 0 Å². The Morgan fingerprint density at radius 2 is 2.31 bits per heavy atom. The van der Waals surface area contributed by atoms with Crippen LogP contribution in [-0.4, -0.2) is 25.6 Å². The van der Waals surface area contributed by atoms with E-state index in [1.54, 1.807) is 18.5 Å². The van der Waals surface area contributed by atoms with Gasteiger partial charge < -0.3 is 0 Å². The molecule has 2 rings (SSSR count). The van der Waals surface area contributed by atoms with Gasteiger partial charge in [-0.15, -0.1) is 10.2 Å². The second kappa shape index (κ2) is 3.14. The molecule has 0 spiro atoms. The molecule has 2 aromatic rings. The van der Waals surface area contributed by atoms with Gasteiger partial charge in [0.25, 0.3) is 0 Å². The van der Waals surface area contributed by atoms with Crippen molar-refractivity contribution in [3.05, 3.63) is 30.6 Å². The summed E-state index contributed by atoms with van der Waals surface area (Å²) in [6.45, 7) is 3.65. The van der Waals surface area contributed by atoms with Crippen LogP contribution >= 0.6 is 0 Å². The van der Waals surface area contributed by atoms with Gasteiger partial charge in [-0.1, -0.05) is 12.7 Å². The van der Waals surface area contributed by atoms with Crippen molar-refractivity contribution < 1.29 is 0 Å². The van der Waals surface area contributed by atoms with Crippen LogP contribution in [0.1, 0.15) is 5.56 Å². The number of hydrogen-bond acceptors (Lipinski definition) is 4. The number of rotatable bonds is 2. The third kappa shape index (κ3) is 1.44. The minimum Gasteiger partial charge on any atom is -0.263 e. The van der Waals surface area contributed by atoms with Gasteiger partial charge in [-0.3, -0.25) is 4.98 Å². The van der Waals surface area contributed by atoms with Crippen LogP contribution in [0.25, 0.3) is 17.5 Å². The number of nitrogens with one attached hydrogen (secondary N) is 1. The van der Waals surface area contributed by atoms with Crippen LogP contribution in [-0.2, 0) is 0 Å². The van der Waals surface area contributed by atoms with Gasteiger partial charge in [-0.2, -0.15) is 5.21 Å². The van der Waals surface area contributed by atoms with E-state index in [0.717, 1.165) is 11.1 Å². The molecule has 0 aromatic carbocycles. The zero-order chi connectivity index (χ0) is 9.10. The molecule has 0 radical (unpaired) electrons. The van der Waals surface area contributed by atoms with Crippen molar-refractivity contribution in [1.82, 2.24) is 25.6 Å². The molecular formula is C8H7N5. The molecule has 5 nitrogen and oxygen atoms in total. The molecule has 0 saturated heterocycles. The largest absolute Gasteiger partial charge is 0.263 e. The number of aromatic nitrogens is 5. The van der Waals surface area contributed by atoms with Crippen molar-refractivity contribution in [3.8, 4) is 11.4 Å². The Kier molecular flexibility index (Phi) is 1.84. The first-order valence-corrected chi connectivity index (χ1v) is 3.71. The quantitative estimate of drug-likeness (QED) is 0.732. The molecule has 0 saturated carbocycles. The molecule has 0 aliphatic carbocycles. The highest BCUT2D eigenvalue weighted by Gasteiger charge is 2.02. The van der Waals surface area contributed by atoms with Gasteiger partial charge in [0, 0.05) is 18.0 Å². The lowest BCUT2D eigenvalue weighted by atomic mass is 10.2. The Hall–Kier alpha value is -2.04. The predicted molar refractivity (Wildman–Crippen MR) is 47.5 cm³/mol. The molecule has 13 heavy (non-hydrogen) atoms. The lowest BCUT2D eigenvalue weighted by Gasteiger charge is -1.94. The monoisotopic (exact) mass is 173 g/mol. The molecule has 64 valence electrons. The summed E-state index contributed by atoms with van der Waals surface area (Å²) in [5, 5.41) is 13.5. The number of nitrogens with zero attached hydrogens (tertiary/aromatic N) is 4. The molecule has 0 amide bonds. The number of hydrogen-bond donors (Lipinski definition) is 1. The highest BCUT2D eigenvalue weighted by molar-refractivity contribution is 5.58. The maximum atomic E-state index is 4.02. The molecule has 0 unspecified atom stereocenters. The summed E-state index contributed by atoms with van der Waals surface area (Å²) in [6.07, 6.45) is 5.12. The van der Waals surface area contributed by atoms with Crippen molar-refractivity contribution in [3.63, 3.8) is 0 Å². The van der Waals surface area contributed by atoms with E-state index in [0.29, 0.717) is 5.82 Å². The first-order valence-electron chi connectivity index (χ1n) is 3.71. The highest BCUT2D eigenvalue weighted by atomic mass is 15.5. The highest BCUT2D eigenvalue weighted by Crippen LogP contribution is 2.13. The Labute approximate surface area is 74.5 Å². The fraction of sp³-hybridized carbons (Fsp3) is 0. The van der Waals surface area contributed by atoms with Gasteiger partial charge in [0.2, 0.25) is 5.82 Å². The van der Waals surface area contributed by atoms with Crippen LogP contribution in [0.4, 0.5) is 0 Å². The standard InChI is InChI=1S/C8H7N5/c1-2-6-3-7(5-9-4-6)8-10-12-13-11-8/h2-5H,1H2,(H,10,11,12,13). The molecule has 0 aliphatic heterocycles. The number of tetrazole rings is 1. The van der Waals surface area contributed by atoms with E-state index >= 15 is 0 Å². The maximum Gasteiger partial charge on any atom is 0.206 e. The summed E-state index contributed by atoms with van der Waals surface area (Å²) in [7, 11) is 0. The van der Waals surface area contributed by atoms with E-state index in [4.69, 9.17) is 0 Å². The van der Waals surface area contributed by atoms with E-state index in [1.165, 1.54) is 0 Å². The van der Waals surface area contributed by atoms with Crippen molar-refractivity contribution in [1.29, 1.82) is 0 Å². The van der Waals surface area contributed by atoms with E-state index in [-0.39, 0.29) is 0 Å². The zero-order valence-electron chi connectivity index (χ0n) is 6.81. The average molecular weight is 173 g/mol. The Balaban J connectivity index is 2.47. The van der Waals surface area contributed by atoms with Crippen LogP contribution < -0.4 is 0 Å². The van der Waals surface area contributed by atoms with Gasteiger partial charge in [-0.25, -0.2) is 0 Å². The molecule has 0 bridgehead atoms. The van der Waals surface area contributed by atoms with E-state index in [1.807, 2.05) is 6.07 Å². The second-order valence-electron chi connectivity index (χ2n) is 2.45. The first kappa shape index (κ1) is 7.60. The fourth-order valence-corrected chi connectivity index (χ4v) is 0.976. The Morgan fingerprint density at radius 1 is 1.38 bits per heavy atom. The SMILES string of the molecule is C=Cc1cncc(-c2nn[nH]n2)c1. The molecule has 0 aliphatic rings. The first-order chi connectivity index (χ1) is 6.40. The molecule has 2 heterocycles. The summed E-state index contributed by atoms with van der Waals surface area (Å²) in [6, 6.07) is 1.89. The average Bonchev–Trinajstić information content (AvgIpc) is 2.71. The summed E-state index contributed by atoms with van der Waals surface area (Å²) in [5.41, 5.74) is 1.76. The normalized spacial score (nSPS) is 9.85. The Bertz CT molecular complexity index is 406. The van der Waals surface area contributed by atoms with Crippen molar-refractivity contribution in [2.75, 3.05) is 0 Å². The third-order valence-electron chi connectivity index (χ3n) is 1.60. The minimum atomic E-state index is 0.538.